The number of nitrogens with zero attached hydrogens (tertiary/aromatic N) is 2. The molecular formula is C10H13BrN2O. The first-order chi connectivity index (χ1) is 6.86. The van der Waals surface area contributed by atoms with Crippen LogP contribution in [-0.4, -0.2) is 16.6 Å². The summed E-state index contributed by atoms with van der Waals surface area (Å²) in [5.74, 6) is 1.38. The fourth-order valence-corrected chi connectivity index (χ4v) is 2.12. The van der Waals surface area contributed by atoms with Gasteiger partial charge in [0.25, 0.3) is 0 Å². The van der Waals surface area contributed by atoms with Crippen molar-refractivity contribution < 1.29 is 4.74 Å². The molecule has 0 bridgehead atoms. The number of rotatable bonds is 3. The number of ether oxygens (including phenoxy) is 1. The fraction of sp³-hybridized carbons (Fsp3) is 0.600. The van der Waals surface area contributed by atoms with Gasteiger partial charge < -0.3 is 4.74 Å². The van der Waals surface area contributed by atoms with E-state index in [2.05, 4.69) is 25.9 Å². The molecule has 0 unspecified atom stereocenters. The van der Waals surface area contributed by atoms with Gasteiger partial charge >= 0.3 is 0 Å². The molecule has 1 fully saturated rings. The molecule has 4 heteroatoms. The lowest BCUT2D eigenvalue weighted by Gasteiger charge is -2.10. The molecule has 0 aliphatic heterocycles. The van der Waals surface area contributed by atoms with Crippen molar-refractivity contribution in [3.8, 4) is 5.88 Å². The van der Waals surface area contributed by atoms with E-state index in [0.29, 0.717) is 5.88 Å². The minimum absolute atomic E-state index is 0.659. The van der Waals surface area contributed by atoms with Gasteiger partial charge in [-0.05, 0) is 34.7 Å². The molecule has 76 valence electrons. The van der Waals surface area contributed by atoms with E-state index >= 15 is 0 Å². The van der Waals surface area contributed by atoms with E-state index < -0.39 is 0 Å². The third-order valence-corrected chi connectivity index (χ3v) is 3.11. The molecule has 14 heavy (non-hydrogen) atoms. The monoisotopic (exact) mass is 256 g/mol. The second-order valence-corrected chi connectivity index (χ2v) is 4.49. The molecule has 1 aliphatic carbocycles. The van der Waals surface area contributed by atoms with Crippen LogP contribution in [0.25, 0.3) is 0 Å². The Morgan fingerprint density at radius 3 is 2.93 bits per heavy atom. The van der Waals surface area contributed by atoms with Crippen LogP contribution < -0.4 is 4.74 Å². The van der Waals surface area contributed by atoms with Crippen molar-refractivity contribution in [1.82, 2.24) is 9.97 Å². The highest BCUT2D eigenvalue weighted by molar-refractivity contribution is 9.10. The minimum Gasteiger partial charge on any atom is -0.476 e. The summed E-state index contributed by atoms with van der Waals surface area (Å²) in [6.45, 7) is 0.787. The molecule has 2 rings (SSSR count). The van der Waals surface area contributed by atoms with Crippen molar-refractivity contribution in [3.05, 3.63) is 17.0 Å². The highest BCUT2D eigenvalue weighted by Crippen LogP contribution is 2.26. The maximum Gasteiger partial charge on any atom is 0.231 e. The predicted molar refractivity (Wildman–Crippen MR) is 57.2 cm³/mol. The largest absolute Gasteiger partial charge is 0.476 e. The Hall–Kier alpha value is -0.640. The summed E-state index contributed by atoms with van der Waals surface area (Å²) >= 11 is 3.36. The van der Waals surface area contributed by atoms with Crippen molar-refractivity contribution in [2.24, 2.45) is 5.92 Å². The van der Waals surface area contributed by atoms with Crippen LogP contribution in [0.5, 0.6) is 5.88 Å². The average molecular weight is 257 g/mol. The maximum absolute atomic E-state index is 5.62. The number of halogens is 1. The average Bonchev–Trinajstić information content (AvgIpc) is 2.69. The Kier molecular flexibility index (Phi) is 3.35. The van der Waals surface area contributed by atoms with Gasteiger partial charge in [0, 0.05) is 6.20 Å². The number of aromatic nitrogens is 2. The van der Waals surface area contributed by atoms with Crippen LogP contribution in [0.4, 0.5) is 0 Å². The molecule has 0 radical (unpaired) electrons. The van der Waals surface area contributed by atoms with Crippen LogP contribution in [0.15, 0.2) is 17.0 Å². The number of hydrogen-bond acceptors (Lipinski definition) is 3. The van der Waals surface area contributed by atoms with Gasteiger partial charge in [0.15, 0.2) is 0 Å². The van der Waals surface area contributed by atoms with Crippen LogP contribution in [0, 0.1) is 5.92 Å². The van der Waals surface area contributed by atoms with E-state index in [9.17, 15) is 0 Å². The smallest absolute Gasteiger partial charge is 0.231 e. The van der Waals surface area contributed by atoms with E-state index in [1.54, 1.807) is 6.20 Å². The molecule has 1 saturated carbocycles. The number of hydrogen-bond donors (Lipinski definition) is 0. The van der Waals surface area contributed by atoms with E-state index in [4.69, 9.17) is 4.74 Å². The summed E-state index contributed by atoms with van der Waals surface area (Å²) in [7, 11) is 0. The SMILES string of the molecule is Brc1cncnc1OCC1CCCC1. The maximum atomic E-state index is 5.62. The molecule has 0 N–H and O–H groups in total. The molecule has 1 heterocycles. The van der Waals surface area contributed by atoms with E-state index in [0.717, 1.165) is 17.0 Å². The molecule has 0 amide bonds. The summed E-state index contributed by atoms with van der Waals surface area (Å²) in [6, 6.07) is 0. The molecule has 0 spiro atoms. The summed E-state index contributed by atoms with van der Waals surface area (Å²) in [6.07, 6.45) is 8.50. The summed E-state index contributed by atoms with van der Waals surface area (Å²) in [5, 5.41) is 0. The van der Waals surface area contributed by atoms with Gasteiger partial charge in [0.2, 0.25) is 5.88 Å². The van der Waals surface area contributed by atoms with Crippen molar-refractivity contribution >= 4 is 15.9 Å². The first-order valence-corrected chi connectivity index (χ1v) is 5.74. The molecule has 1 aliphatic rings. The highest BCUT2D eigenvalue weighted by atomic mass is 79.9. The van der Waals surface area contributed by atoms with Crippen LogP contribution in [0.3, 0.4) is 0 Å². The van der Waals surface area contributed by atoms with Crippen LogP contribution in [0.1, 0.15) is 25.7 Å². The summed E-state index contributed by atoms with van der Waals surface area (Å²) < 4.78 is 6.45. The molecule has 1 aromatic rings. The Morgan fingerprint density at radius 1 is 1.43 bits per heavy atom. The molecule has 0 saturated heterocycles. The fourth-order valence-electron chi connectivity index (χ4n) is 1.78. The standard InChI is InChI=1S/C10H13BrN2O/c11-9-5-12-7-13-10(9)14-6-8-3-1-2-4-8/h5,7-8H,1-4,6H2. The third kappa shape index (κ3) is 2.44. The third-order valence-electron chi connectivity index (χ3n) is 2.56. The van der Waals surface area contributed by atoms with Crippen molar-refractivity contribution in [1.29, 1.82) is 0 Å². The first kappa shape index (κ1) is 9.90. The Labute approximate surface area is 92.0 Å². The molecule has 3 nitrogen and oxygen atoms in total. The molecule has 0 aromatic carbocycles. The Balaban J connectivity index is 1.88. The van der Waals surface area contributed by atoms with E-state index in [1.807, 2.05) is 0 Å². The highest BCUT2D eigenvalue weighted by Gasteiger charge is 2.16. The Morgan fingerprint density at radius 2 is 2.21 bits per heavy atom. The van der Waals surface area contributed by atoms with Gasteiger partial charge in [-0.3, -0.25) is 0 Å². The second-order valence-electron chi connectivity index (χ2n) is 3.64. The van der Waals surface area contributed by atoms with Gasteiger partial charge in [0.1, 0.15) is 6.33 Å². The topological polar surface area (TPSA) is 35.0 Å². The van der Waals surface area contributed by atoms with Crippen LogP contribution >= 0.6 is 15.9 Å². The lowest BCUT2D eigenvalue weighted by molar-refractivity contribution is 0.241. The van der Waals surface area contributed by atoms with Crippen molar-refractivity contribution in [3.63, 3.8) is 0 Å². The minimum atomic E-state index is 0.659. The van der Waals surface area contributed by atoms with Gasteiger partial charge in [-0.1, -0.05) is 12.8 Å². The normalized spacial score (nSPS) is 17.2. The summed E-state index contributed by atoms with van der Waals surface area (Å²) in [4.78, 5) is 7.95. The van der Waals surface area contributed by atoms with Crippen LogP contribution in [0.2, 0.25) is 0 Å². The molecule has 1 aromatic heterocycles. The zero-order chi connectivity index (χ0) is 9.80. The van der Waals surface area contributed by atoms with Gasteiger partial charge in [-0.2, -0.15) is 0 Å². The van der Waals surface area contributed by atoms with Crippen LogP contribution in [-0.2, 0) is 0 Å². The first-order valence-electron chi connectivity index (χ1n) is 4.94. The van der Waals surface area contributed by atoms with E-state index in [-0.39, 0.29) is 0 Å². The predicted octanol–water partition coefficient (Wildman–Crippen LogP) is 2.81. The Bertz CT molecular complexity index is 300. The molecule has 0 atom stereocenters. The van der Waals surface area contributed by atoms with Gasteiger partial charge in [0.05, 0.1) is 11.1 Å². The lowest BCUT2D eigenvalue weighted by Crippen LogP contribution is -2.09. The van der Waals surface area contributed by atoms with Crippen molar-refractivity contribution in [2.45, 2.75) is 25.7 Å². The lowest BCUT2D eigenvalue weighted by atomic mass is 10.1. The van der Waals surface area contributed by atoms with E-state index in [1.165, 1.54) is 32.0 Å². The zero-order valence-electron chi connectivity index (χ0n) is 7.95. The second kappa shape index (κ2) is 4.73. The zero-order valence-corrected chi connectivity index (χ0v) is 9.53. The van der Waals surface area contributed by atoms with Crippen molar-refractivity contribution in [2.75, 3.05) is 6.61 Å². The molecular weight excluding hydrogens is 244 g/mol. The summed E-state index contributed by atoms with van der Waals surface area (Å²) in [5.41, 5.74) is 0. The van der Waals surface area contributed by atoms with Gasteiger partial charge in [-0.15, -0.1) is 0 Å². The van der Waals surface area contributed by atoms with Gasteiger partial charge in [-0.25, -0.2) is 9.97 Å². The quantitative estimate of drug-likeness (QED) is 0.835.